The van der Waals surface area contributed by atoms with E-state index in [9.17, 15) is 5.11 Å². The van der Waals surface area contributed by atoms with Crippen LogP contribution in [0.15, 0.2) is 6.33 Å². The summed E-state index contributed by atoms with van der Waals surface area (Å²) in [7, 11) is 0. The fourth-order valence-corrected chi connectivity index (χ4v) is 4.86. The number of aromatic nitrogens is 2. The summed E-state index contributed by atoms with van der Waals surface area (Å²) in [4.78, 5) is 14.1. The quantitative estimate of drug-likeness (QED) is 0.884. The van der Waals surface area contributed by atoms with Gasteiger partial charge in [-0.2, -0.15) is 0 Å². The van der Waals surface area contributed by atoms with E-state index in [2.05, 4.69) is 14.9 Å². The van der Waals surface area contributed by atoms with Gasteiger partial charge in [-0.15, -0.1) is 11.3 Å². The third-order valence-electron chi connectivity index (χ3n) is 5.10. The summed E-state index contributed by atoms with van der Waals surface area (Å²) in [6, 6.07) is 0. The molecule has 0 spiro atoms. The van der Waals surface area contributed by atoms with Gasteiger partial charge >= 0.3 is 0 Å². The maximum absolute atomic E-state index is 9.44. The molecule has 1 aliphatic carbocycles. The molecule has 0 aromatic carbocycles. The van der Waals surface area contributed by atoms with E-state index in [1.807, 2.05) is 11.3 Å². The van der Waals surface area contributed by atoms with Crippen LogP contribution >= 0.6 is 11.3 Å². The van der Waals surface area contributed by atoms with Crippen molar-refractivity contribution >= 4 is 27.4 Å². The monoisotopic (exact) mass is 318 g/mol. The van der Waals surface area contributed by atoms with Crippen molar-refractivity contribution in [2.75, 3.05) is 24.6 Å². The number of fused-ring (bicyclic) bond motifs is 3. The molecule has 0 radical (unpaired) electrons. The van der Waals surface area contributed by atoms with Crippen molar-refractivity contribution in [2.45, 2.75) is 44.1 Å². The van der Waals surface area contributed by atoms with Gasteiger partial charge in [0.15, 0.2) is 0 Å². The summed E-state index contributed by atoms with van der Waals surface area (Å²) in [5, 5.41) is 10.7. The predicted octanol–water partition coefficient (Wildman–Crippen LogP) is 1.86. The number of hydrogen-bond acceptors (Lipinski definition) is 6. The lowest BCUT2D eigenvalue weighted by atomic mass is 9.89. The summed E-state index contributed by atoms with van der Waals surface area (Å²) in [6.07, 6.45) is 8.20. The van der Waals surface area contributed by atoms with E-state index in [1.165, 1.54) is 35.1 Å². The first-order chi connectivity index (χ1) is 10.7. The highest BCUT2D eigenvalue weighted by Gasteiger charge is 2.32. The Morgan fingerprint density at radius 2 is 2.00 bits per heavy atom. The van der Waals surface area contributed by atoms with Gasteiger partial charge in [0.25, 0.3) is 0 Å². The fourth-order valence-electron chi connectivity index (χ4n) is 3.64. The molecular weight excluding hydrogens is 296 g/mol. The number of aliphatic hydroxyl groups is 1. The minimum Gasteiger partial charge on any atom is -0.394 e. The third kappa shape index (κ3) is 2.30. The number of anilines is 1. The first-order valence-corrected chi connectivity index (χ1v) is 8.92. The average Bonchev–Trinajstić information content (AvgIpc) is 2.94. The molecule has 2 aliphatic rings. The van der Waals surface area contributed by atoms with Crippen molar-refractivity contribution < 1.29 is 5.11 Å². The van der Waals surface area contributed by atoms with Crippen LogP contribution in [0.1, 0.15) is 36.1 Å². The molecular formula is C16H22N4OS. The summed E-state index contributed by atoms with van der Waals surface area (Å²) < 4.78 is 0. The lowest BCUT2D eigenvalue weighted by Gasteiger charge is -2.38. The van der Waals surface area contributed by atoms with Crippen LogP contribution in [0.2, 0.25) is 0 Å². The van der Waals surface area contributed by atoms with E-state index in [-0.39, 0.29) is 6.61 Å². The number of piperidine rings is 1. The number of aryl methyl sites for hydroxylation is 2. The molecule has 1 aliphatic heterocycles. The van der Waals surface area contributed by atoms with Gasteiger partial charge in [-0.1, -0.05) is 0 Å². The van der Waals surface area contributed by atoms with Gasteiger partial charge in [-0.05, 0) is 44.1 Å². The Morgan fingerprint density at radius 3 is 2.77 bits per heavy atom. The molecule has 0 amide bonds. The average molecular weight is 318 g/mol. The number of thiophene rings is 1. The first kappa shape index (κ1) is 14.4. The van der Waals surface area contributed by atoms with Gasteiger partial charge in [-0.25, -0.2) is 9.97 Å². The molecule has 1 saturated heterocycles. The van der Waals surface area contributed by atoms with Crippen LogP contribution < -0.4 is 10.6 Å². The molecule has 5 nitrogen and oxygen atoms in total. The number of nitrogens with zero attached hydrogens (tertiary/aromatic N) is 3. The summed E-state index contributed by atoms with van der Waals surface area (Å²) in [6.45, 7) is 1.77. The normalized spacial score (nSPS) is 21.1. The standard InChI is InChI=1S/C16H22N4OS/c17-16(9-21)5-7-20(8-6-16)14-13-11-3-1-2-4-12(11)22-15(13)19-10-18-14/h10,21H,1-9,17H2. The molecule has 2 aromatic heterocycles. The van der Waals surface area contributed by atoms with Crippen molar-refractivity contribution in [3.8, 4) is 0 Å². The molecule has 22 heavy (non-hydrogen) atoms. The highest BCUT2D eigenvalue weighted by molar-refractivity contribution is 7.19. The van der Waals surface area contributed by atoms with Crippen LogP contribution in [0.5, 0.6) is 0 Å². The third-order valence-corrected chi connectivity index (χ3v) is 6.30. The molecule has 1 fully saturated rings. The highest BCUT2D eigenvalue weighted by Crippen LogP contribution is 2.40. The van der Waals surface area contributed by atoms with Crippen molar-refractivity contribution in [3.63, 3.8) is 0 Å². The van der Waals surface area contributed by atoms with Crippen molar-refractivity contribution in [1.82, 2.24) is 9.97 Å². The largest absolute Gasteiger partial charge is 0.394 e. The topological polar surface area (TPSA) is 75.3 Å². The second kappa shape index (κ2) is 5.44. The van der Waals surface area contributed by atoms with Crippen LogP contribution in [-0.2, 0) is 12.8 Å². The Morgan fingerprint density at radius 1 is 1.23 bits per heavy atom. The summed E-state index contributed by atoms with van der Waals surface area (Å²) >= 11 is 1.84. The Bertz CT molecular complexity index is 691. The zero-order valence-corrected chi connectivity index (χ0v) is 13.5. The SMILES string of the molecule is NC1(CO)CCN(c2ncnc3sc4c(c23)CCCC4)CC1. The van der Waals surface area contributed by atoms with E-state index in [0.29, 0.717) is 0 Å². The van der Waals surface area contributed by atoms with Crippen LogP contribution in [0.3, 0.4) is 0 Å². The predicted molar refractivity (Wildman–Crippen MR) is 89.5 cm³/mol. The van der Waals surface area contributed by atoms with Crippen LogP contribution in [0.25, 0.3) is 10.2 Å². The fraction of sp³-hybridized carbons (Fsp3) is 0.625. The lowest BCUT2D eigenvalue weighted by Crippen LogP contribution is -2.53. The molecule has 118 valence electrons. The molecule has 3 N–H and O–H groups in total. The molecule has 0 unspecified atom stereocenters. The van der Waals surface area contributed by atoms with Crippen molar-refractivity contribution in [3.05, 3.63) is 16.8 Å². The molecule has 0 atom stereocenters. The summed E-state index contributed by atoms with van der Waals surface area (Å²) in [5.41, 5.74) is 7.26. The molecule has 4 rings (SSSR count). The second-order valence-corrected chi connectivity index (χ2v) is 7.68. The minimum absolute atomic E-state index is 0.0634. The maximum atomic E-state index is 9.44. The molecule has 0 bridgehead atoms. The van der Waals surface area contributed by atoms with Gasteiger partial charge < -0.3 is 15.7 Å². The Balaban J connectivity index is 1.72. The maximum Gasteiger partial charge on any atom is 0.141 e. The Hall–Kier alpha value is -1.24. The Labute approximate surface area is 134 Å². The zero-order valence-electron chi connectivity index (χ0n) is 12.7. The second-order valence-electron chi connectivity index (χ2n) is 6.60. The van der Waals surface area contributed by atoms with Gasteiger partial charge in [0, 0.05) is 23.5 Å². The van der Waals surface area contributed by atoms with E-state index < -0.39 is 5.54 Å². The van der Waals surface area contributed by atoms with Gasteiger partial charge in [0.2, 0.25) is 0 Å². The zero-order chi connectivity index (χ0) is 15.2. The van der Waals surface area contributed by atoms with Gasteiger partial charge in [0.05, 0.1) is 12.0 Å². The lowest BCUT2D eigenvalue weighted by molar-refractivity contribution is 0.170. The van der Waals surface area contributed by atoms with E-state index in [4.69, 9.17) is 5.73 Å². The minimum atomic E-state index is -0.420. The molecule has 0 saturated carbocycles. The number of hydrogen-bond donors (Lipinski definition) is 2. The van der Waals surface area contributed by atoms with Crippen molar-refractivity contribution in [2.24, 2.45) is 5.73 Å². The molecule has 2 aromatic rings. The van der Waals surface area contributed by atoms with Gasteiger partial charge in [0.1, 0.15) is 17.0 Å². The number of rotatable bonds is 2. The highest BCUT2D eigenvalue weighted by atomic mass is 32.1. The van der Waals surface area contributed by atoms with E-state index in [0.717, 1.165) is 43.0 Å². The smallest absolute Gasteiger partial charge is 0.141 e. The van der Waals surface area contributed by atoms with Crippen LogP contribution in [0.4, 0.5) is 5.82 Å². The molecule has 6 heteroatoms. The van der Waals surface area contributed by atoms with E-state index >= 15 is 0 Å². The first-order valence-electron chi connectivity index (χ1n) is 8.10. The van der Waals surface area contributed by atoms with Crippen LogP contribution in [0, 0.1) is 0 Å². The van der Waals surface area contributed by atoms with Gasteiger partial charge in [-0.3, -0.25) is 0 Å². The number of aliphatic hydroxyl groups excluding tert-OH is 1. The molecule has 3 heterocycles. The van der Waals surface area contributed by atoms with E-state index in [1.54, 1.807) is 6.33 Å². The summed E-state index contributed by atoms with van der Waals surface area (Å²) in [5.74, 6) is 1.07. The number of nitrogens with two attached hydrogens (primary N) is 1. The Kier molecular flexibility index (Phi) is 3.55. The van der Waals surface area contributed by atoms with Crippen molar-refractivity contribution in [1.29, 1.82) is 0 Å². The van der Waals surface area contributed by atoms with Crippen LogP contribution in [-0.4, -0.2) is 40.3 Å².